The fourth-order valence-corrected chi connectivity index (χ4v) is 2.74. The average molecular weight is 457 g/mol. The lowest BCUT2D eigenvalue weighted by Gasteiger charge is -2.18. The van der Waals surface area contributed by atoms with Gasteiger partial charge >= 0.3 is 7.60 Å². The van der Waals surface area contributed by atoms with E-state index in [0.29, 0.717) is 58.5 Å². The minimum Gasteiger partial charge on any atom is -0.388 e. The van der Waals surface area contributed by atoms with Gasteiger partial charge in [-0.3, -0.25) is 9.36 Å². The van der Waals surface area contributed by atoms with Crippen molar-refractivity contribution in [3.63, 3.8) is 0 Å². The Morgan fingerprint density at radius 1 is 0.800 bits per heavy atom. The van der Waals surface area contributed by atoms with Crippen LogP contribution in [0, 0.1) is 5.92 Å². The van der Waals surface area contributed by atoms with Gasteiger partial charge in [0.15, 0.2) is 0 Å². The first-order valence-electron chi connectivity index (χ1n) is 10.7. The highest BCUT2D eigenvalue weighted by molar-refractivity contribution is 7.53. The predicted molar refractivity (Wildman–Crippen MR) is 114 cm³/mol. The van der Waals surface area contributed by atoms with Crippen molar-refractivity contribution in [2.75, 3.05) is 59.5 Å². The second-order valence-corrected chi connectivity index (χ2v) is 10.0. The highest BCUT2D eigenvalue weighted by atomic mass is 31.2. The first-order chi connectivity index (χ1) is 14.2. The molecule has 2 N–H and O–H groups in total. The fourth-order valence-electron chi connectivity index (χ4n) is 2.06. The molecule has 0 aromatic heterocycles. The molecule has 2 unspecified atom stereocenters. The number of ether oxygens (including phenoxy) is 4. The van der Waals surface area contributed by atoms with E-state index < -0.39 is 19.4 Å². The molecule has 0 fully saturated rings. The van der Waals surface area contributed by atoms with Crippen molar-refractivity contribution < 1.29 is 42.8 Å². The SMILES string of the molecule is CC(C)C(=O)CCCCOCCOCCOCCOCC(O)COP(=O)(O)C(C)C. The fraction of sp³-hybridized carbons (Fsp3) is 0.950. The molecule has 0 rings (SSSR count). The van der Waals surface area contributed by atoms with Gasteiger partial charge in [-0.1, -0.05) is 27.7 Å². The summed E-state index contributed by atoms with van der Waals surface area (Å²) in [6.45, 7) is 9.90. The maximum Gasteiger partial charge on any atom is 0.330 e. The monoisotopic (exact) mass is 456 g/mol. The summed E-state index contributed by atoms with van der Waals surface area (Å²) in [5.74, 6) is 0.409. The van der Waals surface area contributed by atoms with Crippen molar-refractivity contribution in [3.8, 4) is 0 Å². The molecular formula is C20H41O9P. The van der Waals surface area contributed by atoms with Gasteiger partial charge in [0.2, 0.25) is 0 Å². The summed E-state index contributed by atoms with van der Waals surface area (Å²) < 4.78 is 37.9. The molecule has 0 radical (unpaired) electrons. The lowest BCUT2D eigenvalue weighted by atomic mass is 10.0. The second kappa shape index (κ2) is 18.2. The summed E-state index contributed by atoms with van der Waals surface area (Å²) in [5.41, 5.74) is -0.515. The summed E-state index contributed by atoms with van der Waals surface area (Å²) in [7, 11) is -3.67. The number of unbranched alkanes of at least 4 members (excludes halogenated alkanes) is 1. The summed E-state index contributed by atoms with van der Waals surface area (Å²) >= 11 is 0. The molecule has 0 saturated carbocycles. The molecule has 0 amide bonds. The Bertz CT molecular complexity index is 471. The van der Waals surface area contributed by atoms with Crippen LogP contribution in [0.25, 0.3) is 0 Å². The van der Waals surface area contributed by atoms with Crippen LogP contribution in [-0.2, 0) is 32.8 Å². The van der Waals surface area contributed by atoms with Gasteiger partial charge in [-0.2, -0.15) is 0 Å². The molecule has 0 aromatic rings. The van der Waals surface area contributed by atoms with Crippen molar-refractivity contribution in [3.05, 3.63) is 0 Å². The molecule has 0 aliphatic heterocycles. The van der Waals surface area contributed by atoms with Gasteiger partial charge in [-0.05, 0) is 12.8 Å². The molecule has 0 aliphatic rings. The number of carbonyl (C=O) groups is 1. The molecule has 0 heterocycles. The van der Waals surface area contributed by atoms with Crippen LogP contribution in [0.3, 0.4) is 0 Å². The summed E-state index contributed by atoms with van der Waals surface area (Å²) in [6, 6.07) is 0. The van der Waals surface area contributed by atoms with Crippen LogP contribution in [0.4, 0.5) is 0 Å². The van der Waals surface area contributed by atoms with Crippen molar-refractivity contribution in [1.29, 1.82) is 0 Å². The summed E-state index contributed by atoms with van der Waals surface area (Å²) in [6.07, 6.45) is 1.38. The molecule has 30 heavy (non-hydrogen) atoms. The van der Waals surface area contributed by atoms with E-state index in [1.54, 1.807) is 13.8 Å². The zero-order valence-electron chi connectivity index (χ0n) is 18.9. The first-order valence-corrected chi connectivity index (χ1v) is 12.3. The Kier molecular flexibility index (Phi) is 18.0. The quantitative estimate of drug-likeness (QED) is 0.198. The van der Waals surface area contributed by atoms with Crippen LogP contribution < -0.4 is 0 Å². The number of ketones is 1. The van der Waals surface area contributed by atoms with Gasteiger partial charge < -0.3 is 33.5 Å². The highest BCUT2D eigenvalue weighted by Gasteiger charge is 2.25. The zero-order valence-corrected chi connectivity index (χ0v) is 19.8. The third-order valence-electron chi connectivity index (χ3n) is 4.14. The molecule has 180 valence electrons. The molecule has 0 saturated heterocycles. The van der Waals surface area contributed by atoms with Crippen LogP contribution in [0.2, 0.25) is 0 Å². The summed E-state index contributed by atoms with van der Waals surface area (Å²) in [5, 5.41) is 9.66. The van der Waals surface area contributed by atoms with E-state index in [1.807, 2.05) is 13.8 Å². The standard InChI is InChI=1S/C20H41O9P/c1-17(2)20(22)7-5-6-8-25-9-10-26-11-12-27-13-14-28-15-19(21)16-29-30(23,24)18(3)4/h17-19,21H,5-16H2,1-4H3,(H,23,24). The van der Waals surface area contributed by atoms with Crippen LogP contribution >= 0.6 is 7.60 Å². The Hall–Kier alpha value is -0.380. The van der Waals surface area contributed by atoms with Crippen LogP contribution in [-0.4, -0.2) is 87.0 Å². The minimum absolute atomic E-state index is 0.000917. The molecule has 0 spiro atoms. The van der Waals surface area contributed by atoms with Crippen molar-refractivity contribution in [2.24, 2.45) is 5.92 Å². The number of hydrogen-bond donors (Lipinski definition) is 2. The summed E-state index contributed by atoms with van der Waals surface area (Å²) in [4.78, 5) is 21.0. The van der Waals surface area contributed by atoms with Gasteiger partial charge in [0.25, 0.3) is 0 Å². The van der Waals surface area contributed by atoms with Gasteiger partial charge in [-0.15, -0.1) is 0 Å². The smallest absolute Gasteiger partial charge is 0.330 e. The molecule has 9 nitrogen and oxygen atoms in total. The van der Waals surface area contributed by atoms with E-state index in [0.717, 1.165) is 12.8 Å². The molecular weight excluding hydrogens is 415 g/mol. The van der Waals surface area contributed by atoms with Crippen LogP contribution in [0.15, 0.2) is 0 Å². The van der Waals surface area contributed by atoms with Crippen molar-refractivity contribution in [2.45, 2.75) is 58.7 Å². The van der Waals surface area contributed by atoms with E-state index in [1.165, 1.54) is 0 Å². The first kappa shape index (κ1) is 29.6. The largest absolute Gasteiger partial charge is 0.388 e. The molecule has 2 atom stereocenters. The maximum absolute atomic E-state index is 11.6. The minimum atomic E-state index is -3.67. The normalized spacial score (nSPS) is 14.9. The second-order valence-electron chi connectivity index (χ2n) is 7.60. The average Bonchev–Trinajstić information content (AvgIpc) is 2.68. The molecule has 0 aromatic carbocycles. The zero-order chi connectivity index (χ0) is 22.8. The van der Waals surface area contributed by atoms with Crippen LogP contribution in [0.5, 0.6) is 0 Å². The number of hydrogen-bond acceptors (Lipinski definition) is 8. The van der Waals surface area contributed by atoms with Gasteiger partial charge in [0.1, 0.15) is 11.9 Å². The Labute approximate surface area is 180 Å². The number of aliphatic hydroxyl groups is 1. The van der Waals surface area contributed by atoms with Crippen LogP contribution in [0.1, 0.15) is 47.0 Å². The lowest BCUT2D eigenvalue weighted by molar-refractivity contribution is -0.122. The molecule has 0 aliphatic carbocycles. The Balaban J connectivity index is 3.31. The molecule has 0 bridgehead atoms. The van der Waals surface area contributed by atoms with E-state index in [9.17, 15) is 19.4 Å². The third kappa shape index (κ3) is 17.3. The van der Waals surface area contributed by atoms with E-state index >= 15 is 0 Å². The predicted octanol–water partition coefficient (Wildman–Crippen LogP) is 2.42. The topological polar surface area (TPSA) is 121 Å². The van der Waals surface area contributed by atoms with E-state index in [-0.39, 0.29) is 19.1 Å². The van der Waals surface area contributed by atoms with E-state index in [2.05, 4.69) is 0 Å². The number of aliphatic hydroxyl groups excluding tert-OH is 1. The van der Waals surface area contributed by atoms with Gasteiger partial charge in [0.05, 0.1) is 58.5 Å². The van der Waals surface area contributed by atoms with Crippen molar-refractivity contribution >= 4 is 13.4 Å². The number of rotatable bonds is 21. The van der Waals surface area contributed by atoms with E-state index in [4.69, 9.17) is 23.5 Å². The maximum atomic E-state index is 11.6. The highest BCUT2D eigenvalue weighted by Crippen LogP contribution is 2.46. The Morgan fingerprint density at radius 3 is 1.80 bits per heavy atom. The third-order valence-corrected chi connectivity index (χ3v) is 5.96. The van der Waals surface area contributed by atoms with Crippen molar-refractivity contribution in [1.82, 2.24) is 0 Å². The number of carbonyl (C=O) groups excluding carboxylic acids is 1. The Morgan fingerprint density at radius 2 is 1.30 bits per heavy atom. The number of Topliss-reactive ketones (excluding diaryl/α,β-unsaturated/α-hetero) is 1. The van der Waals surface area contributed by atoms with Gasteiger partial charge in [-0.25, -0.2) is 0 Å². The molecule has 10 heteroatoms. The lowest BCUT2D eigenvalue weighted by Crippen LogP contribution is -2.23. The van der Waals surface area contributed by atoms with Gasteiger partial charge in [0, 0.05) is 18.9 Å².